The molecule has 178 valence electrons. The van der Waals surface area contributed by atoms with Gasteiger partial charge in [-0.15, -0.1) is 0 Å². The summed E-state index contributed by atoms with van der Waals surface area (Å²) < 4.78 is 23.3. The van der Waals surface area contributed by atoms with Crippen LogP contribution >= 0.6 is 15.9 Å². The number of ether oxygens (including phenoxy) is 3. The molecule has 1 atom stereocenters. The van der Waals surface area contributed by atoms with Crippen LogP contribution in [0.25, 0.3) is 11.0 Å². The number of benzene rings is 2. The van der Waals surface area contributed by atoms with Crippen molar-refractivity contribution >= 4 is 38.6 Å². The van der Waals surface area contributed by atoms with Gasteiger partial charge in [-0.2, -0.15) is 0 Å². The zero-order valence-corrected chi connectivity index (χ0v) is 21.0. The molecule has 3 heterocycles. The summed E-state index contributed by atoms with van der Waals surface area (Å²) in [5, 5.41) is 0.363. The average Bonchev–Trinajstić information content (AvgIpc) is 3.16. The minimum absolute atomic E-state index is 0.0214. The molecule has 0 saturated heterocycles. The van der Waals surface area contributed by atoms with Gasteiger partial charge in [-0.25, -0.2) is 4.98 Å². The van der Waals surface area contributed by atoms with Gasteiger partial charge in [0.1, 0.15) is 11.4 Å². The molecule has 9 heteroatoms. The summed E-state index contributed by atoms with van der Waals surface area (Å²) in [6.45, 7) is 1.91. The van der Waals surface area contributed by atoms with Crippen LogP contribution in [0.3, 0.4) is 0 Å². The van der Waals surface area contributed by atoms with E-state index in [1.165, 1.54) is 26.2 Å². The van der Waals surface area contributed by atoms with Gasteiger partial charge in [0.15, 0.2) is 16.9 Å². The minimum atomic E-state index is -0.833. The molecule has 0 saturated carbocycles. The van der Waals surface area contributed by atoms with Crippen molar-refractivity contribution in [2.75, 3.05) is 26.2 Å². The second kappa shape index (κ2) is 8.74. The zero-order chi connectivity index (χ0) is 24.9. The number of carbonyl (C=O) groups excluding carboxylic acids is 1. The Morgan fingerprint density at radius 2 is 1.69 bits per heavy atom. The molecule has 8 nitrogen and oxygen atoms in total. The van der Waals surface area contributed by atoms with Gasteiger partial charge >= 0.3 is 0 Å². The number of halogens is 1. The SMILES string of the molecule is COc1cc(C2c3c(oc4ccc(Br)cc4c3=O)C(=O)N2c2cc(C)ccn2)cc(OC)c1OC. The maximum absolute atomic E-state index is 13.8. The number of hydrogen-bond acceptors (Lipinski definition) is 7. The molecule has 35 heavy (non-hydrogen) atoms. The molecule has 4 aromatic rings. The van der Waals surface area contributed by atoms with Crippen molar-refractivity contribution in [3.8, 4) is 17.2 Å². The highest BCUT2D eigenvalue weighted by Gasteiger charge is 2.45. The van der Waals surface area contributed by atoms with Gasteiger partial charge in [0.05, 0.1) is 38.3 Å². The van der Waals surface area contributed by atoms with E-state index in [0.717, 1.165) is 10.0 Å². The molecule has 1 amide bonds. The van der Waals surface area contributed by atoms with Gasteiger partial charge in [-0.1, -0.05) is 15.9 Å². The first kappa shape index (κ1) is 22.9. The topological polar surface area (TPSA) is 91.1 Å². The fourth-order valence-corrected chi connectivity index (χ4v) is 4.77. The molecule has 1 unspecified atom stereocenters. The monoisotopic (exact) mass is 536 g/mol. The Bertz CT molecular complexity index is 1520. The zero-order valence-electron chi connectivity index (χ0n) is 19.4. The predicted molar refractivity (Wildman–Crippen MR) is 134 cm³/mol. The number of hydrogen-bond donors (Lipinski definition) is 0. The van der Waals surface area contributed by atoms with Gasteiger partial charge in [0, 0.05) is 10.7 Å². The number of aromatic nitrogens is 1. The molecule has 0 bridgehead atoms. The van der Waals surface area contributed by atoms with Crippen LogP contribution < -0.4 is 24.5 Å². The first-order chi connectivity index (χ1) is 16.9. The Hall–Kier alpha value is -3.85. The van der Waals surface area contributed by atoms with Crippen molar-refractivity contribution in [2.45, 2.75) is 13.0 Å². The van der Waals surface area contributed by atoms with Crippen molar-refractivity contribution in [2.24, 2.45) is 0 Å². The Balaban J connectivity index is 1.85. The Labute approximate surface area is 209 Å². The van der Waals surface area contributed by atoms with E-state index in [-0.39, 0.29) is 16.8 Å². The molecular formula is C26H21BrN2O6. The third-order valence-electron chi connectivity index (χ3n) is 5.98. The van der Waals surface area contributed by atoms with Crippen LogP contribution in [0.15, 0.2) is 62.3 Å². The Morgan fingerprint density at radius 3 is 2.31 bits per heavy atom. The van der Waals surface area contributed by atoms with E-state index >= 15 is 0 Å². The van der Waals surface area contributed by atoms with Crippen molar-refractivity contribution in [1.29, 1.82) is 0 Å². The van der Waals surface area contributed by atoms with E-state index in [0.29, 0.717) is 39.6 Å². The van der Waals surface area contributed by atoms with Crippen LogP contribution in [-0.2, 0) is 0 Å². The number of amides is 1. The van der Waals surface area contributed by atoms with Crippen molar-refractivity contribution < 1.29 is 23.4 Å². The lowest BCUT2D eigenvalue weighted by Crippen LogP contribution is -2.30. The maximum Gasteiger partial charge on any atom is 0.296 e. The number of methoxy groups -OCH3 is 3. The van der Waals surface area contributed by atoms with E-state index in [9.17, 15) is 9.59 Å². The number of rotatable bonds is 5. The standard InChI is InChI=1S/C26H21BrN2O6/c1-13-7-8-28-20(9-13)29-22(14-10-18(32-2)24(34-4)19(11-14)33-3)21-23(30)16-12-15(27)5-6-17(16)35-25(21)26(29)31/h5-12,22H,1-4H3. The lowest BCUT2D eigenvalue weighted by Gasteiger charge is -2.25. The summed E-state index contributed by atoms with van der Waals surface area (Å²) in [5.41, 5.74) is 1.74. The first-order valence-corrected chi connectivity index (χ1v) is 11.5. The smallest absolute Gasteiger partial charge is 0.296 e. The van der Waals surface area contributed by atoms with Gasteiger partial charge in [-0.05, 0) is 60.5 Å². The molecule has 1 aliphatic rings. The van der Waals surface area contributed by atoms with E-state index in [1.54, 1.807) is 42.6 Å². The van der Waals surface area contributed by atoms with E-state index in [1.807, 2.05) is 13.0 Å². The molecular weight excluding hydrogens is 516 g/mol. The summed E-state index contributed by atoms with van der Waals surface area (Å²) in [5.74, 6) is 1.11. The molecule has 1 aliphatic heterocycles. The third-order valence-corrected chi connectivity index (χ3v) is 6.48. The number of pyridine rings is 1. The largest absolute Gasteiger partial charge is 0.493 e. The van der Waals surface area contributed by atoms with Crippen LogP contribution in [0.2, 0.25) is 0 Å². The normalized spacial score (nSPS) is 14.8. The summed E-state index contributed by atoms with van der Waals surface area (Å²) in [4.78, 5) is 33.5. The summed E-state index contributed by atoms with van der Waals surface area (Å²) in [6.07, 6.45) is 1.62. The first-order valence-electron chi connectivity index (χ1n) is 10.7. The van der Waals surface area contributed by atoms with Crippen molar-refractivity contribution in [3.05, 3.63) is 85.8 Å². The quantitative estimate of drug-likeness (QED) is 0.353. The van der Waals surface area contributed by atoms with Crippen molar-refractivity contribution in [1.82, 2.24) is 4.98 Å². The van der Waals surface area contributed by atoms with Gasteiger partial charge < -0.3 is 18.6 Å². The van der Waals surface area contributed by atoms with Crippen LogP contribution in [0.4, 0.5) is 5.82 Å². The average molecular weight is 537 g/mol. The Morgan fingerprint density at radius 1 is 0.971 bits per heavy atom. The molecule has 0 fully saturated rings. The second-order valence-corrected chi connectivity index (χ2v) is 8.96. The predicted octanol–water partition coefficient (Wildman–Crippen LogP) is 5.03. The van der Waals surface area contributed by atoms with Gasteiger partial charge in [-0.3, -0.25) is 14.5 Å². The van der Waals surface area contributed by atoms with Gasteiger partial charge in [0.25, 0.3) is 5.91 Å². The fraction of sp³-hybridized carbons (Fsp3) is 0.192. The number of nitrogens with zero attached hydrogens (tertiary/aromatic N) is 2. The maximum atomic E-state index is 13.8. The lowest BCUT2D eigenvalue weighted by molar-refractivity contribution is 0.0970. The summed E-state index contributed by atoms with van der Waals surface area (Å²) in [6, 6.07) is 11.3. The van der Waals surface area contributed by atoms with Crippen LogP contribution in [0.5, 0.6) is 17.2 Å². The van der Waals surface area contributed by atoms with E-state index < -0.39 is 11.9 Å². The minimum Gasteiger partial charge on any atom is -0.493 e. The number of fused-ring (bicyclic) bond motifs is 2. The molecule has 0 spiro atoms. The number of anilines is 1. The Kier molecular flexibility index (Phi) is 5.72. The van der Waals surface area contributed by atoms with Crippen LogP contribution in [0.1, 0.15) is 33.3 Å². The van der Waals surface area contributed by atoms with E-state index in [2.05, 4.69) is 20.9 Å². The molecule has 0 radical (unpaired) electrons. The fourth-order valence-electron chi connectivity index (χ4n) is 4.41. The van der Waals surface area contributed by atoms with Crippen LogP contribution in [-0.4, -0.2) is 32.2 Å². The summed E-state index contributed by atoms with van der Waals surface area (Å²) in [7, 11) is 4.53. The lowest BCUT2D eigenvalue weighted by atomic mass is 9.97. The van der Waals surface area contributed by atoms with Crippen LogP contribution in [0, 0.1) is 6.92 Å². The number of aryl methyl sites for hydroxylation is 1. The third kappa shape index (κ3) is 3.63. The molecule has 2 aromatic heterocycles. The van der Waals surface area contributed by atoms with Gasteiger partial charge in [0.2, 0.25) is 11.5 Å². The highest BCUT2D eigenvalue weighted by Crippen LogP contribution is 2.46. The molecule has 0 N–H and O–H groups in total. The highest BCUT2D eigenvalue weighted by atomic mass is 79.9. The van der Waals surface area contributed by atoms with E-state index in [4.69, 9.17) is 18.6 Å². The van der Waals surface area contributed by atoms with Crippen molar-refractivity contribution in [3.63, 3.8) is 0 Å². The molecule has 5 rings (SSSR count). The number of carbonyl (C=O) groups is 1. The second-order valence-electron chi connectivity index (χ2n) is 8.04. The molecule has 2 aromatic carbocycles. The highest BCUT2D eigenvalue weighted by molar-refractivity contribution is 9.10. The molecule has 0 aliphatic carbocycles. The summed E-state index contributed by atoms with van der Waals surface area (Å²) >= 11 is 3.41.